The van der Waals surface area contributed by atoms with E-state index in [0.717, 1.165) is 25.7 Å². The summed E-state index contributed by atoms with van der Waals surface area (Å²) in [5, 5.41) is 27.2. The zero-order valence-electron chi connectivity index (χ0n) is 30.7. The zero-order valence-corrected chi connectivity index (χ0v) is 30.7. The molecule has 2 atom stereocenters. The second-order valence-electron chi connectivity index (χ2n) is 13.9. The molecule has 0 saturated heterocycles. The molecule has 0 saturated carbocycles. The number of carbonyl (C=O) groups excluding carboxylic acids is 1. The lowest BCUT2D eigenvalue weighted by Gasteiger charge is -2.06. The van der Waals surface area contributed by atoms with Gasteiger partial charge in [-0.05, 0) is 12.8 Å². The van der Waals surface area contributed by atoms with E-state index in [9.17, 15) is 15.0 Å². The van der Waals surface area contributed by atoms with E-state index in [0.29, 0.717) is 6.42 Å². The van der Waals surface area contributed by atoms with Crippen LogP contribution in [-0.2, 0) is 4.79 Å². The molecule has 0 heterocycles. The minimum atomic E-state index is -0.943. The average molecular weight is 642 g/mol. The van der Waals surface area contributed by atoms with E-state index in [1.54, 1.807) is 0 Å². The highest BCUT2D eigenvalue weighted by Gasteiger charge is 2.09. The summed E-state index contributed by atoms with van der Waals surface area (Å²) in [6, 6.07) is 0. The number of carbonyl (C=O) groups is 1. The molecule has 2 unspecified atom stereocenters. The maximum Gasteiger partial charge on any atom is 0.246 e. The minimum Gasteiger partial charge on any atom is -0.394 e. The fourth-order valence-corrected chi connectivity index (χ4v) is 6.05. The highest BCUT2D eigenvalue weighted by Crippen LogP contribution is 2.16. The van der Waals surface area contributed by atoms with E-state index in [2.05, 4.69) is 13.8 Å². The fraction of sp³-hybridized carbons (Fsp3) is 0.975. The molecule has 5 nitrogen and oxygen atoms in total. The van der Waals surface area contributed by atoms with Crippen LogP contribution in [0, 0.1) is 0 Å². The monoisotopic (exact) mass is 642 g/mol. The molecule has 45 heavy (non-hydrogen) atoms. The van der Waals surface area contributed by atoms with Crippen molar-refractivity contribution in [1.82, 2.24) is 0 Å². The largest absolute Gasteiger partial charge is 0.394 e. The summed E-state index contributed by atoms with van der Waals surface area (Å²) in [5.41, 5.74) is 5.02. The first kappa shape index (κ1) is 46.5. The van der Waals surface area contributed by atoms with Crippen molar-refractivity contribution in [1.29, 1.82) is 0 Å². The van der Waals surface area contributed by atoms with Gasteiger partial charge in [0.15, 0.2) is 0 Å². The van der Waals surface area contributed by atoms with Crippen LogP contribution in [0.4, 0.5) is 0 Å². The molecule has 0 rings (SSSR count). The number of primary amides is 1. The molecule has 0 aromatic carbocycles. The first-order valence-corrected chi connectivity index (χ1v) is 20.3. The molecule has 1 amide bonds. The van der Waals surface area contributed by atoms with Gasteiger partial charge in [0.2, 0.25) is 5.91 Å². The Morgan fingerprint density at radius 3 is 0.867 bits per heavy atom. The second kappa shape index (κ2) is 41.4. The molecule has 0 spiro atoms. The van der Waals surface area contributed by atoms with Crippen LogP contribution in [0.2, 0.25) is 0 Å². The maximum absolute atomic E-state index is 10.7. The van der Waals surface area contributed by atoms with Crippen molar-refractivity contribution in [3.8, 4) is 0 Å². The van der Waals surface area contributed by atoms with Gasteiger partial charge in [-0.25, -0.2) is 0 Å². The molecule has 272 valence electrons. The molecule has 0 radical (unpaired) electrons. The third-order valence-electron chi connectivity index (χ3n) is 9.26. The van der Waals surface area contributed by atoms with Crippen LogP contribution >= 0.6 is 0 Å². The minimum absolute atomic E-state index is 0.0849. The van der Waals surface area contributed by atoms with Crippen molar-refractivity contribution < 1.29 is 20.1 Å². The van der Waals surface area contributed by atoms with E-state index < -0.39 is 18.1 Å². The Balaban J connectivity index is 0. The van der Waals surface area contributed by atoms with Gasteiger partial charge < -0.3 is 21.1 Å². The molecular formula is C40H83NO4. The molecule has 0 fully saturated rings. The highest BCUT2D eigenvalue weighted by atomic mass is 16.3. The van der Waals surface area contributed by atoms with Crippen molar-refractivity contribution in [3.63, 3.8) is 0 Å². The standard InChI is InChI=1S/C22H45NO2.C18H38O2/c1-2-3-4-5-6-7-8-9-10-11-12-13-14-15-16-17-18-19-20-21(24)22(23)25;1-2-3-4-5-6-7-8-9-10-11-12-13-14-15-16-18(20)17-19/h21,24H,2-20H2,1H3,(H2,23,25);18-20H,2-17H2,1H3. The molecule has 0 aromatic heterocycles. The first-order chi connectivity index (χ1) is 22.0. The number of nitrogens with two attached hydrogens (primary N) is 1. The average Bonchev–Trinajstić information content (AvgIpc) is 3.04. The van der Waals surface area contributed by atoms with Gasteiger partial charge in [-0.1, -0.05) is 219 Å². The lowest BCUT2D eigenvalue weighted by molar-refractivity contribution is -0.126. The number of aliphatic hydroxyl groups is 3. The molecule has 0 bridgehead atoms. The topological polar surface area (TPSA) is 104 Å². The number of hydrogen-bond acceptors (Lipinski definition) is 4. The Labute approximate surface area is 282 Å². The predicted octanol–water partition coefficient (Wildman–Crippen LogP) is 11.5. The molecule has 0 aliphatic carbocycles. The van der Waals surface area contributed by atoms with Crippen LogP contribution in [0.1, 0.15) is 232 Å². The van der Waals surface area contributed by atoms with Crippen LogP contribution in [0.25, 0.3) is 0 Å². The van der Waals surface area contributed by atoms with Gasteiger partial charge in [-0.15, -0.1) is 0 Å². The van der Waals surface area contributed by atoms with Gasteiger partial charge in [0.05, 0.1) is 12.7 Å². The van der Waals surface area contributed by atoms with Crippen molar-refractivity contribution in [2.24, 2.45) is 5.73 Å². The lowest BCUT2D eigenvalue weighted by atomic mass is 10.0. The quantitative estimate of drug-likeness (QED) is 0.0511. The van der Waals surface area contributed by atoms with Gasteiger partial charge in [0, 0.05) is 0 Å². The number of unbranched alkanes of at least 4 members (excludes halogenated alkanes) is 30. The summed E-state index contributed by atoms with van der Waals surface area (Å²) in [5.74, 6) is -0.591. The Morgan fingerprint density at radius 1 is 0.422 bits per heavy atom. The van der Waals surface area contributed by atoms with Gasteiger partial charge in [0.25, 0.3) is 0 Å². The maximum atomic E-state index is 10.7. The second-order valence-corrected chi connectivity index (χ2v) is 13.9. The summed E-state index contributed by atoms with van der Waals surface area (Å²) in [6.45, 7) is 4.47. The van der Waals surface area contributed by atoms with Crippen molar-refractivity contribution in [3.05, 3.63) is 0 Å². The third kappa shape index (κ3) is 43.4. The van der Waals surface area contributed by atoms with Gasteiger partial charge in [-0.2, -0.15) is 0 Å². The molecule has 0 aromatic rings. The summed E-state index contributed by atoms with van der Waals surface area (Å²) < 4.78 is 0. The Kier molecular flexibility index (Phi) is 42.7. The summed E-state index contributed by atoms with van der Waals surface area (Å²) in [6.07, 6.45) is 43.1. The van der Waals surface area contributed by atoms with Crippen LogP contribution in [0.3, 0.4) is 0 Å². The first-order valence-electron chi connectivity index (χ1n) is 20.3. The number of rotatable bonds is 36. The molecular weight excluding hydrogens is 558 g/mol. The lowest BCUT2D eigenvalue weighted by Crippen LogP contribution is -2.27. The summed E-state index contributed by atoms with van der Waals surface area (Å²) in [4.78, 5) is 10.7. The van der Waals surface area contributed by atoms with Crippen LogP contribution in [0.5, 0.6) is 0 Å². The fourth-order valence-electron chi connectivity index (χ4n) is 6.05. The van der Waals surface area contributed by atoms with Crippen molar-refractivity contribution in [2.45, 2.75) is 244 Å². The molecule has 5 heteroatoms. The van der Waals surface area contributed by atoms with Crippen molar-refractivity contribution >= 4 is 5.91 Å². The number of amides is 1. The van der Waals surface area contributed by atoms with E-state index in [4.69, 9.17) is 10.8 Å². The highest BCUT2D eigenvalue weighted by molar-refractivity contribution is 5.78. The summed E-state index contributed by atoms with van der Waals surface area (Å²) in [7, 11) is 0. The van der Waals surface area contributed by atoms with E-state index in [1.165, 1.54) is 186 Å². The van der Waals surface area contributed by atoms with Crippen LogP contribution in [-0.4, -0.2) is 40.0 Å². The van der Waals surface area contributed by atoms with Gasteiger partial charge in [0.1, 0.15) is 6.10 Å². The van der Waals surface area contributed by atoms with E-state index >= 15 is 0 Å². The molecule has 0 aliphatic heterocycles. The van der Waals surface area contributed by atoms with Crippen LogP contribution in [0.15, 0.2) is 0 Å². The Morgan fingerprint density at radius 2 is 0.644 bits per heavy atom. The molecule has 0 aliphatic rings. The number of aliphatic hydroxyl groups excluding tert-OH is 3. The zero-order chi connectivity index (χ0) is 33.5. The normalized spacial score (nSPS) is 12.6. The van der Waals surface area contributed by atoms with Crippen LogP contribution < -0.4 is 5.73 Å². The van der Waals surface area contributed by atoms with Crippen molar-refractivity contribution in [2.75, 3.05) is 6.61 Å². The Bertz CT molecular complexity index is 544. The van der Waals surface area contributed by atoms with Gasteiger partial charge in [-0.3, -0.25) is 4.79 Å². The van der Waals surface area contributed by atoms with E-state index in [1.807, 2.05) is 0 Å². The smallest absolute Gasteiger partial charge is 0.246 e. The molecule has 5 N–H and O–H groups in total. The SMILES string of the molecule is CCCCCCCCCCCCCCCCC(O)CO.CCCCCCCCCCCCCCCCCCCCC(O)C(N)=O. The third-order valence-corrected chi connectivity index (χ3v) is 9.26. The summed E-state index contributed by atoms with van der Waals surface area (Å²) >= 11 is 0. The van der Waals surface area contributed by atoms with E-state index in [-0.39, 0.29) is 6.61 Å². The Hall–Kier alpha value is -0.650. The van der Waals surface area contributed by atoms with Gasteiger partial charge >= 0.3 is 0 Å². The number of hydrogen-bond donors (Lipinski definition) is 4. The predicted molar refractivity (Wildman–Crippen MR) is 197 cm³/mol.